The maximum atomic E-state index is 12.7. The number of carbonyl (C=O) groups excluding carboxylic acids is 1. The van der Waals surface area contributed by atoms with Crippen LogP contribution < -0.4 is 5.73 Å². The Labute approximate surface area is 157 Å². The highest BCUT2D eigenvalue weighted by Gasteiger charge is 2.16. The van der Waals surface area contributed by atoms with Crippen LogP contribution in [0, 0.1) is 0 Å². The van der Waals surface area contributed by atoms with E-state index >= 15 is 0 Å². The van der Waals surface area contributed by atoms with E-state index in [1.54, 1.807) is 6.20 Å². The molecule has 0 aliphatic rings. The molecule has 2 heterocycles. The molecule has 2 aromatic heterocycles. The minimum atomic E-state index is 0.0595. The van der Waals surface area contributed by atoms with E-state index in [9.17, 15) is 4.79 Å². The second-order valence-corrected chi connectivity index (χ2v) is 6.80. The standard InChI is InChI=1S/C20H22N4OS/c21-10-13-24(12-9-16-6-2-1-3-7-16)19(25)14-17-15-26-20(23-17)18-8-4-5-11-22-18/h1-8,11,15H,9-10,12-14,21H2. The predicted octanol–water partition coefficient (Wildman–Crippen LogP) is 2.78. The molecular formula is C20H22N4OS. The van der Waals surface area contributed by atoms with Gasteiger partial charge in [0.1, 0.15) is 5.01 Å². The first-order valence-electron chi connectivity index (χ1n) is 8.64. The van der Waals surface area contributed by atoms with Crippen molar-refractivity contribution < 1.29 is 4.79 Å². The molecule has 0 aliphatic heterocycles. The Morgan fingerprint density at radius 3 is 2.62 bits per heavy atom. The van der Waals surface area contributed by atoms with Gasteiger partial charge >= 0.3 is 0 Å². The van der Waals surface area contributed by atoms with E-state index in [4.69, 9.17) is 5.73 Å². The lowest BCUT2D eigenvalue weighted by atomic mass is 10.1. The van der Waals surface area contributed by atoms with Gasteiger partial charge in [0.2, 0.25) is 5.91 Å². The van der Waals surface area contributed by atoms with E-state index in [0.29, 0.717) is 19.6 Å². The van der Waals surface area contributed by atoms with Crippen molar-refractivity contribution in [2.45, 2.75) is 12.8 Å². The van der Waals surface area contributed by atoms with Crippen LogP contribution in [-0.2, 0) is 17.6 Å². The van der Waals surface area contributed by atoms with Gasteiger partial charge in [-0.15, -0.1) is 11.3 Å². The van der Waals surface area contributed by atoms with E-state index in [1.807, 2.05) is 46.7 Å². The Kier molecular flexibility index (Phi) is 6.46. The summed E-state index contributed by atoms with van der Waals surface area (Å²) in [5.41, 5.74) is 8.52. The van der Waals surface area contributed by atoms with Gasteiger partial charge in [-0.3, -0.25) is 9.78 Å². The topological polar surface area (TPSA) is 72.1 Å². The summed E-state index contributed by atoms with van der Waals surface area (Å²) in [6.45, 7) is 1.68. The van der Waals surface area contributed by atoms with Crippen molar-refractivity contribution in [2.24, 2.45) is 5.73 Å². The van der Waals surface area contributed by atoms with Crippen molar-refractivity contribution in [3.8, 4) is 10.7 Å². The third-order valence-electron chi connectivity index (χ3n) is 4.03. The molecule has 0 aliphatic carbocycles. The smallest absolute Gasteiger partial charge is 0.228 e. The molecule has 0 bridgehead atoms. The van der Waals surface area contributed by atoms with Crippen LogP contribution >= 0.6 is 11.3 Å². The molecule has 26 heavy (non-hydrogen) atoms. The maximum absolute atomic E-state index is 12.7. The number of amides is 1. The van der Waals surface area contributed by atoms with E-state index in [0.717, 1.165) is 22.8 Å². The second kappa shape index (κ2) is 9.22. The zero-order valence-corrected chi connectivity index (χ0v) is 15.4. The van der Waals surface area contributed by atoms with Crippen molar-refractivity contribution in [2.75, 3.05) is 19.6 Å². The number of thiazole rings is 1. The normalized spacial score (nSPS) is 10.7. The minimum absolute atomic E-state index is 0.0595. The van der Waals surface area contributed by atoms with Gasteiger partial charge in [0.15, 0.2) is 0 Å². The quantitative estimate of drug-likeness (QED) is 0.665. The zero-order chi connectivity index (χ0) is 18.2. The fraction of sp³-hybridized carbons (Fsp3) is 0.250. The summed E-state index contributed by atoms with van der Waals surface area (Å²) in [7, 11) is 0. The number of nitrogens with zero attached hydrogens (tertiary/aromatic N) is 3. The average Bonchev–Trinajstić information content (AvgIpc) is 3.15. The molecule has 0 saturated carbocycles. The fourth-order valence-corrected chi connectivity index (χ4v) is 3.48. The van der Waals surface area contributed by atoms with Crippen LogP contribution in [0.15, 0.2) is 60.1 Å². The molecule has 3 aromatic rings. The van der Waals surface area contributed by atoms with Gasteiger partial charge in [-0.1, -0.05) is 36.4 Å². The highest BCUT2D eigenvalue weighted by molar-refractivity contribution is 7.13. The number of hydrogen-bond acceptors (Lipinski definition) is 5. The van der Waals surface area contributed by atoms with Crippen LogP contribution in [0.4, 0.5) is 0 Å². The van der Waals surface area contributed by atoms with E-state index in [-0.39, 0.29) is 12.3 Å². The third-order valence-corrected chi connectivity index (χ3v) is 4.95. The first-order valence-corrected chi connectivity index (χ1v) is 9.52. The largest absolute Gasteiger partial charge is 0.341 e. The Bertz CT molecular complexity index is 820. The molecule has 3 rings (SSSR count). The van der Waals surface area contributed by atoms with Gasteiger partial charge in [-0.2, -0.15) is 0 Å². The van der Waals surface area contributed by atoms with Crippen LogP contribution in [0.3, 0.4) is 0 Å². The van der Waals surface area contributed by atoms with E-state index in [1.165, 1.54) is 16.9 Å². The third kappa shape index (κ3) is 4.97. The highest BCUT2D eigenvalue weighted by Crippen LogP contribution is 2.21. The molecule has 1 amide bonds. The number of rotatable bonds is 8. The summed E-state index contributed by atoms with van der Waals surface area (Å²) in [6.07, 6.45) is 2.86. The molecule has 0 radical (unpaired) electrons. The molecular weight excluding hydrogens is 344 g/mol. The SMILES string of the molecule is NCCN(CCc1ccccc1)C(=O)Cc1csc(-c2ccccn2)n1. The summed E-state index contributed by atoms with van der Waals surface area (Å²) in [6, 6.07) is 15.9. The molecule has 2 N–H and O–H groups in total. The average molecular weight is 366 g/mol. The number of hydrogen-bond donors (Lipinski definition) is 1. The molecule has 134 valence electrons. The van der Waals surface area contributed by atoms with Crippen LogP contribution in [0.2, 0.25) is 0 Å². The summed E-state index contributed by atoms with van der Waals surface area (Å²) < 4.78 is 0. The second-order valence-electron chi connectivity index (χ2n) is 5.94. The number of carbonyl (C=O) groups is 1. The highest BCUT2D eigenvalue weighted by atomic mass is 32.1. The lowest BCUT2D eigenvalue weighted by Crippen LogP contribution is -2.37. The minimum Gasteiger partial charge on any atom is -0.341 e. The van der Waals surface area contributed by atoms with Gasteiger partial charge in [0.05, 0.1) is 17.8 Å². The van der Waals surface area contributed by atoms with Gasteiger partial charge in [0.25, 0.3) is 0 Å². The molecule has 0 saturated heterocycles. The van der Waals surface area contributed by atoms with Crippen LogP contribution in [0.1, 0.15) is 11.3 Å². The summed E-state index contributed by atoms with van der Waals surface area (Å²) in [4.78, 5) is 23.4. The number of nitrogens with two attached hydrogens (primary N) is 1. The van der Waals surface area contributed by atoms with E-state index in [2.05, 4.69) is 22.1 Å². The van der Waals surface area contributed by atoms with Crippen LogP contribution in [0.25, 0.3) is 10.7 Å². The van der Waals surface area contributed by atoms with Crippen molar-refractivity contribution >= 4 is 17.2 Å². The number of pyridine rings is 1. The molecule has 6 heteroatoms. The van der Waals surface area contributed by atoms with Gasteiger partial charge < -0.3 is 10.6 Å². The first-order chi connectivity index (χ1) is 12.8. The number of benzene rings is 1. The van der Waals surface area contributed by atoms with Crippen LogP contribution in [-0.4, -0.2) is 40.4 Å². The molecule has 1 aromatic carbocycles. The van der Waals surface area contributed by atoms with Gasteiger partial charge in [0, 0.05) is 31.2 Å². The number of aromatic nitrogens is 2. The Morgan fingerprint density at radius 1 is 1.08 bits per heavy atom. The molecule has 0 fully saturated rings. The van der Waals surface area contributed by atoms with Crippen molar-refractivity contribution in [3.05, 3.63) is 71.4 Å². The fourth-order valence-electron chi connectivity index (χ4n) is 2.69. The Morgan fingerprint density at radius 2 is 1.88 bits per heavy atom. The molecule has 5 nitrogen and oxygen atoms in total. The predicted molar refractivity (Wildman–Crippen MR) is 105 cm³/mol. The van der Waals surface area contributed by atoms with Gasteiger partial charge in [-0.05, 0) is 24.1 Å². The van der Waals surface area contributed by atoms with Crippen molar-refractivity contribution in [3.63, 3.8) is 0 Å². The Balaban J connectivity index is 1.61. The lowest BCUT2D eigenvalue weighted by molar-refractivity contribution is -0.130. The van der Waals surface area contributed by atoms with E-state index < -0.39 is 0 Å². The van der Waals surface area contributed by atoms with Crippen molar-refractivity contribution in [1.82, 2.24) is 14.9 Å². The maximum Gasteiger partial charge on any atom is 0.228 e. The van der Waals surface area contributed by atoms with Gasteiger partial charge in [-0.25, -0.2) is 4.98 Å². The van der Waals surface area contributed by atoms with Crippen LogP contribution in [0.5, 0.6) is 0 Å². The molecule has 0 atom stereocenters. The summed E-state index contributed by atoms with van der Waals surface area (Å²) in [5, 5.41) is 2.77. The Hall–Kier alpha value is -2.57. The summed E-state index contributed by atoms with van der Waals surface area (Å²) >= 11 is 1.51. The molecule has 0 unspecified atom stereocenters. The zero-order valence-electron chi connectivity index (χ0n) is 14.5. The van der Waals surface area contributed by atoms with Crippen molar-refractivity contribution in [1.29, 1.82) is 0 Å². The first kappa shape index (κ1) is 18.2. The monoisotopic (exact) mass is 366 g/mol. The molecule has 0 spiro atoms. The summed E-state index contributed by atoms with van der Waals surface area (Å²) in [5.74, 6) is 0.0595. The lowest BCUT2D eigenvalue weighted by Gasteiger charge is -2.21.